The van der Waals surface area contributed by atoms with Crippen molar-refractivity contribution < 1.29 is 35.5 Å². The number of benzene rings is 2. The van der Waals surface area contributed by atoms with Crippen LogP contribution in [0.25, 0.3) is 10.1 Å². The van der Waals surface area contributed by atoms with Gasteiger partial charge in [0.1, 0.15) is 16.4 Å². The third-order valence-electron chi connectivity index (χ3n) is 3.83. The summed E-state index contributed by atoms with van der Waals surface area (Å²) in [4.78, 5) is 11.5. The van der Waals surface area contributed by atoms with Crippen molar-refractivity contribution in [3.8, 4) is 5.75 Å². The first-order valence-electron chi connectivity index (χ1n) is 7.64. The van der Waals surface area contributed by atoms with Crippen LogP contribution in [0.1, 0.15) is 9.67 Å². The Kier molecular flexibility index (Phi) is 5.50. The van der Waals surface area contributed by atoms with Crippen molar-refractivity contribution in [3.05, 3.63) is 52.1 Å². The summed E-state index contributed by atoms with van der Waals surface area (Å²) in [6.45, 7) is 0. The first-order chi connectivity index (χ1) is 13.5. The summed E-state index contributed by atoms with van der Waals surface area (Å²) in [5, 5.41) is 2.74. The van der Waals surface area contributed by atoms with Gasteiger partial charge in [-0.25, -0.2) is 12.8 Å². The fourth-order valence-corrected chi connectivity index (χ4v) is 4.67. The summed E-state index contributed by atoms with van der Waals surface area (Å²) in [5.74, 6) is -1.42. The lowest BCUT2D eigenvalue weighted by atomic mass is 10.2. The highest BCUT2D eigenvalue weighted by molar-refractivity contribution is 7.92. The van der Waals surface area contributed by atoms with Crippen LogP contribution in [0.4, 0.5) is 23.2 Å². The minimum Gasteiger partial charge on any atom is -0.495 e. The highest BCUT2D eigenvalue weighted by Gasteiger charge is 2.47. The van der Waals surface area contributed by atoms with Gasteiger partial charge in [-0.05, 0) is 36.4 Å². The summed E-state index contributed by atoms with van der Waals surface area (Å²) in [6.07, 6.45) is 0. The van der Waals surface area contributed by atoms with Gasteiger partial charge in [0, 0.05) is 10.1 Å². The average Bonchev–Trinajstić information content (AvgIpc) is 2.96. The van der Waals surface area contributed by atoms with Crippen molar-refractivity contribution in [1.82, 2.24) is 0 Å². The number of anilines is 1. The molecule has 1 amide bonds. The van der Waals surface area contributed by atoms with Crippen LogP contribution in [0, 0.1) is 5.82 Å². The standard InChI is InChI=1S/C17H10ClF4NO4S2/c1-27-12-5-3-9(29(25,26)17(20,21)22)7-11(12)23-16(24)15-14(18)10-4-2-8(19)6-13(10)28-15/h2-7H,1H3,(H,23,24). The molecule has 12 heteroatoms. The first-order valence-corrected chi connectivity index (χ1v) is 10.3. The van der Waals surface area contributed by atoms with Gasteiger partial charge in [0.25, 0.3) is 15.7 Å². The van der Waals surface area contributed by atoms with Crippen molar-refractivity contribution >= 4 is 54.5 Å². The van der Waals surface area contributed by atoms with Crippen LogP contribution in [-0.4, -0.2) is 26.9 Å². The number of carbonyl (C=O) groups excluding carboxylic acids is 1. The van der Waals surface area contributed by atoms with Gasteiger partial charge in [-0.15, -0.1) is 11.3 Å². The molecule has 0 atom stereocenters. The molecule has 154 valence electrons. The quantitative estimate of drug-likeness (QED) is 0.532. The number of alkyl halides is 3. The van der Waals surface area contributed by atoms with Gasteiger partial charge < -0.3 is 10.1 Å². The number of sulfone groups is 1. The molecule has 0 saturated heterocycles. The van der Waals surface area contributed by atoms with Crippen LogP contribution >= 0.6 is 22.9 Å². The van der Waals surface area contributed by atoms with E-state index in [0.29, 0.717) is 22.2 Å². The van der Waals surface area contributed by atoms with E-state index in [-0.39, 0.29) is 21.3 Å². The molecule has 1 heterocycles. The number of amides is 1. The Morgan fingerprint density at radius 2 is 1.86 bits per heavy atom. The van der Waals surface area contributed by atoms with E-state index in [1.54, 1.807) is 0 Å². The van der Waals surface area contributed by atoms with Gasteiger partial charge in [-0.1, -0.05) is 11.6 Å². The predicted molar refractivity (Wildman–Crippen MR) is 101 cm³/mol. The van der Waals surface area contributed by atoms with E-state index in [4.69, 9.17) is 16.3 Å². The summed E-state index contributed by atoms with van der Waals surface area (Å²) in [6, 6.07) is 6.07. The Hall–Kier alpha value is -2.37. The van der Waals surface area contributed by atoms with Crippen LogP contribution < -0.4 is 10.1 Å². The van der Waals surface area contributed by atoms with Crippen molar-refractivity contribution in [2.45, 2.75) is 10.4 Å². The van der Waals surface area contributed by atoms with Gasteiger partial charge >= 0.3 is 5.51 Å². The van der Waals surface area contributed by atoms with Gasteiger partial charge in [-0.2, -0.15) is 13.2 Å². The minimum absolute atomic E-state index is 0.0283. The SMILES string of the molecule is COc1ccc(S(=O)(=O)C(F)(F)F)cc1NC(=O)c1sc2cc(F)ccc2c1Cl. The maximum atomic E-state index is 13.4. The van der Waals surface area contributed by atoms with Crippen LogP contribution in [0.2, 0.25) is 5.02 Å². The molecule has 0 spiro atoms. The van der Waals surface area contributed by atoms with Crippen molar-refractivity contribution in [2.75, 3.05) is 12.4 Å². The molecule has 0 radical (unpaired) electrons. The molecule has 2 aromatic carbocycles. The zero-order valence-electron chi connectivity index (χ0n) is 14.3. The minimum atomic E-state index is -5.63. The van der Waals surface area contributed by atoms with Crippen LogP contribution in [-0.2, 0) is 9.84 Å². The van der Waals surface area contributed by atoms with E-state index in [0.717, 1.165) is 23.5 Å². The van der Waals surface area contributed by atoms with Crippen molar-refractivity contribution in [3.63, 3.8) is 0 Å². The Bertz CT molecular complexity index is 1220. The lowest BCUT2D eigenvalue weighted by Crippen LogP contribution is -2.23. The molecule has 3 rings (SSSR count). The molecule has 3 aromatic rings. The van der Waals surface area contributed by atoms with Gasteiger partial charge in [0.2, 0.25) is 0 Å². The second-order valence-corrected chi connectivity index (χ2v) is 9.02. The van der Waals surface area contributed by atoms with Gasteiger partial charge in [-0.3, -0.25) is 4.79 Å². The molecule has 1 aromatic heterocycles. The Balaban J connectivity index is 2.02. The Labute approximate surface area is 170 Å². The maximum absolute atomic E-state index is 13.4. The summed E-state index contributed by atoms with van der Waals surface area (Å²) in [5.41, 5.74) is -5.82. The third-order valence-corrected chi connectivity index (χ3v) is 6.97. The Morgan fingerprint density at radius 3 is 2.48 bits per heavy atom. The lowest BCUT2D eigenvalue weighted by Gasteiger charge is -2.13. The molecule has 0 unspecified atom stereocenters. The zero-order valence-corrected chi connectivity index (χ0v) is 16.7. The number of ether oxygens (including phenoxy) is 1. The summed E-state index contributed by atoms with van der Waals surface area (Å²) in [7, 11) is -4.44. The molecule has 0 aliphatic rings. The van der Waals surface area contributed by atoms with Crippen molar-refractivity contribution in [2.24, 2.45) is 0 Å². The largest absolute Gasteiger partial charge is 0.501 e. The zero-order chi connectivity index (χ0) is 21.6. The normalized spacial score (nSPS) is 12.2. The monoisotopic (exact) mass is 467 g/mol. The number of carbonyl (C=O) groups is 1. The van der Waals surface area contributed by atoms with E-state index in [2.05, 4.69) is 5.32 Å². The number of methoxy groups -OCH3 is 1. The van der Waals surface area contributed by atoms with E-state index < -0.39 is 32.0 Å². The second kappa shape index (κ2) is 7.47. The number of nitrogens with one attached hydrogen (secondary N) is 1. The van der Waals surface area contributed by atoms with Gasteiger partial charge in [0.05, 0.1) is 22.7 Å². The second-order valence-electron chi connectivity index (χ2n) is 5.65. The molecule has 0 bridgehead atoms. The maximum Gasteiger partial charge on any atom is 0.501 e. The lowest BCUT2D eigenvalue weighted by molar-refractivity contribution is -0.0436. The van der Waals surface area contributed by atoms with Crippen LogP contribution in [0.5, 0.6) is 5.75 Å². The molecular weight excluding hydrogens is 458 g/mol. The van der Waals surface area contributed by atoms with E-state index >= 15 is 0 Å². The average molecular weight is 468 g/mol. The molecular formula is C17H10ClF4NO4S2. The number of hydrogen-bond donors (Lipinski definition) is 1. The molecule has 0 aliphatic heterocycles. The number of thiophene rings is 1. The van der Waals surface area contributed by atoms with E-state index in [9.17, 15) is 30.8 Å². The first kappa shape index (κ1) is 21.3. The van der Waals surface area contributed by atoms with E-state index in [1.165, 1.54) is 19.2 Å². The number of hydrogen-bond acceptors (Lipinski definition) is 5. The van der Waals surface area contributed by atoms with Crippen molar-refractivity contribution in [1.29, 1.82) is 0 Å². The number of fused-ring (bicyclic) bond motifs is 1. The highest BCUT2D eigenvalue weighted by atomic mass is 35.5. The highest BCUT2D eigenvalue weighted by Crippen LogP contribution is 2.38. The molecule has 0 fully saturated rings. The third kappa shape index (κ3) is 3.89. The Morgan fingerprint density at radius 1 is 1.17 bits per heavy atom. The number of halogens is 5. The van der Waals surface area contributed by atoms with E-state index in [1.807, 2.05) is 0 Å². The molecule has 29 heavy (non-hydrogen) atoms. The molecule has 0 saturated carbocycles. The predicted octanol–water partition coefficient (Wildman–Crippen LogP) is 5.25. The fraction of sp³-hybridized carbons (Fsp3) is 0.118. The molecule has 1 N–H and O–H groups in total. The molecule has 5 nitrogen and oxygen atoms in total. The molecule has 0 aliphatic carbocycles. The van der Waals surface area contributed by atoms with Gasteiger partial charge in [0.15, 0.2) is 0 Å². The fourth-order valence-electron chi connectivity index (χ4n) is 2.45. The topological polar surface area (TPSA) is 72.5 Å². The summed E-state index contributed by atoms with van der Waals surface area (Å²) >= 11 is 7.03. The summed E-state index contributed by atoms with van der Waals surface area (Å²) < 4.78 is 80.4. The van der Waals surface area contributed by atoms with Crippen LogP contribution in [0.3, 0.4) is 0 Å². The van der Waals surface area contributed by atoms with Crippen LogP contribution in [0.15, 0.2) is 41.3 Å². The number of rotatable bonds is 4. The smallest absolute Gasteiger partial charge is 0.495 e.